The molecular weight excluding hydrogens is 222 g/mol. The van der Waals surface area contributed by atoms with Crippen molar-refractivity contribution in [1.82, 2.24) is 4.90 Å². The predicted octanol–water partition coefficient (Wildman–Crippen LogP) is 3.58. The molecule has 0 aliphatic carbocycles. The molecule has 0 amide bonds. The summed E-state index contributed by atoms with van der Waals surface area (Å²) in [5.74, 6) is 0. The van der Waals surface area contributed by atoms with E-state index in [1.807, 2.05) is 12.1 Å². The Balaban J connectivity index is 2.53. The van der Waals surface area contributed by atoms with E-state index < -0.39 is 0 Å². The fraction of sp³-hybridized carbons (Fsp3) is 0.625. The highest BCUT2D eigenvalue weighted by atomic mass is 16.3. The first-order chi connectivity index (χ1) is 8.67. The molecule has 18 heavy (non-hydrogen) atoms. The third-order valence-electron chi connectivity index (χ3n) is 3.37. The molecule has 2 heteroatoms. The van der Waals surface area contributed by atoms with Crippen molar-refractivity contribution in [2.75, 3.05) is 6.54 Å². The van der Waals surface area contributed by atoms with E-state index in [0.717, 1.165) is 12.1 Å². The number of benzene rings is 1. The van der Waals surface area contributed by atoms with Crippen molar-refractivity contribution < 1.29 is 5.11 Å². The van der Waals surface area contributed by atoms with Crippen LogP contribution in [0.15, 0.2) is 24.3 Å². The second-order valence-electron chi connectivity index (χ2n) is 5.25. The van der Waals surface area contributed by atoms with Gasteiger partial charge in [0, 0.05) is 12.6 Å². The van der Waals surface area contributed by atoms with E-state index >= 15 is 0 Å². The molecule has 1 aromatic rings. The average molecular weight is 249 g/mol. The molecule has 0 unspecified atom stereocenters. The second-order valence-corrected chi connectivity index (χ2v) is 5.25. The first-order valence-electron chi connectivity index (χ1n) is 7.10. The molecule has 0 bridgehead atoms. The summed E-state index contributed by atoms with van der Waals surface area (Å²) in [5, 5.41) is 9.03. The summed E-state index contributed by atoms with van der Waals surface area (Å²) in [6.45, 7) is 9.07. The van der Waals surface area contributed by atoms with Gasteiger partial charge in [0.1, 0.15) is 0 Å². The topological polar surface area (TPSA) is 23.5 Å². The molecule has 0 fully saturated rings. The van der Waals surface area contributed by atoms with E-state index in [1.54, 1.807) is 0 Å². The van der Waals surface area contributed by atoms with Crippen molar-refractivity contribution in [3.63, 3.8) is 0 Å². The Hall–Kier alpha value is -0.860. The Morgan fingerprint density at radius 2 is 1.67 bits per heavy atom. The first-order valence-corrected chi connectivity index (χ1v) is 7.10. The molecule has 1 rings (SSSR count). The Kier molecular flexibility index (Phi) is 6.99. The molecule has 0 spiro atoms. The van der Waals surface area contributed by atoms with Crippen LogP contribution in [0, 0.1) is 0 Å². The van der Waals surface area contributed by atoms with Crippen molar-refractivity contribution in [3.8, 4) is 0 Å². The molecular formula is C16H27NO. The van der Waals surface area contributed by atoms with Gasteiger partial charge in [-0.05, 0) is 37.9 Å². The van der Waals surface area contributed by atoms with Gasteiger partial charge in [-0.2, -0.15) is 0 Å². The van der Waals surface area contributed by atoms with E-state index in [2.05, 4.69) is 37.8 Å². The molecule has 0 aromatic heterocycles. The largest absolute Gasteiger partial charge is 0.392 e. The third-order valence-corrected chi connectivity index (χ3v) is 3.37. The maximum atomic E-state index is 9.03. The molecule has 0 aliphatic rings. The van der Waals surface area contributed by atoms with Crippen LogP contribution < -0.4 is 0 Å². The van der Waals surface area contributed by atoms with Gasteiger partial charge < -0.3 is 5.11 Å². The number of hydrogen-bond acceptors (Lipinski definition) is 2. The zero-order valence-electron chi connectivity index (χ0n) is 12.0. The molecule has 0 heterocycles. The van der Waals surface area contributed by atoms with Crippen molar-refractivity contribution >= 4 is 0 Å². The lowest BCUT2D eigenvalue weighted by molar-refractivity contribution is 0.208. The third kappa shape index (κ3) is 5.19. The summed E-state index contributed by atoms with van der Waals surface area (Å²) in [6.07, 6.45) is 3.87. The molecule has 2 nitrogen and oxygen atoms in total. The molecule has 1 aromatic carbocycles. The van der Waals surface area contributed by atoms with E-state index in [4.69, 9.17) is 5.11 Å². The van der Waals surface area contributed by atoms with Gasteiger partial charge >= 0.3 is 0 Å². The zero-order chi connectivity index (χ0) is 13.4. The van der Waals surface area contributed by atoms with Crippen LogP contribution in [-0.4, -0.2) is 22.6 Å². The van der Waals surface area contributed by atoms with Crippen LogP contribution in [0.5, 0.6) is 0 Å². The lowest BCUT2D eigenvalue weighted by atomic mass is 10.1. The lowest BCUT2D eigenvalue weighted by Crippen LogP contribution is -2.31. The minimum absolute atomic E-state index is 0.130. The van der Waals surface area contributed by atoms with E-state index in [0.29, 0.717) is 6.04 Å². The Morgan fingerprint density at radius 1 is 1.06 bits per heavy atom. The van der Waals surface area contributed by atoms with Crippen LogP contribution in [0.2, 0.25) is 0 Å². The fourth-order valence-electron chi connectivity index (χ4n) is 2.07. The van der Waals surface area contributed by atoms with Crippen molar-refractivity contribution in [2.45, 2.75) is 59.2 Å². The smallest absolute Gasteiger partial charge is 0.0681 e. The maximum Gasteiger partial charge on any atom is 0.0681 e. The predicted molar refractivity (Wildman–Crippen MR) is 77.4 cm³/mol. The summed E-state index contributed by atoms with van der Waals surface area (Å²) in [7, 11) is 0. The molecule has 102 valence electrons. The van der Waals surface area contributed by atoms with Gasteiger partial charge in [0.05, 0.1) is 6.61 Å². The quantitative estimate of drug-likeness (QED) is 0.712. The number of unbranched alkanes of at least 4 members (excludes halogenated alkanes) is 2. The molecule has 0 atom stereocenters. The van der Waals surface area contributed by atoms with Gasteiger partial charge in [0.15, 0.2) is 0 Å². The zero-order valence-corrected chi connectivity index (χ0v) is 12.0. The number of aliphatic hydroxyl groups is 1. The normalized spacial score (nSPS) is 11.4. The minimum Gasteiger partial charge on any atom is -0.392 e. The van der Waals surface area contributed by atoms with Gasteiger partial charge in [0.25, 0.3) is 0 Å². The standard InChI is InChI=1S/C16H27NO/c1-4-5-6-11-17(14(2)3)12-15-7-9-16(13-18)10-8-15/h7-10,14,18H,4-6,11-13H2,1-3H3. The van der Waals surface area contributed by atoms with Gasteiger partial charge in [0.2, 0.25) is 0 Å². The Bertz CT molecular complexity index is 318. The summed E-state index contributed by atoms with van der Waals surface area (Å²) in [5.41, 5.74) is 2.32. The van der Waals surface area contributed by atoms with Crippen LogP contribution in [-0.2, 0) is 13.2 Å². The number of nitrogens with zero attached hydrogens (tertiary/aromatic N) is 1. The molecule has 1 N–H and O–H groups in total. The van der Waals surface area contributed by atoms with Crippen LogP contribution in [0.1, 0.15) is 51.2 Å². The first kappa shape index (κ1) is 15.2. The Morgan fingerprint density at radius 3 is 2.17 bits per heavy atom. The highest BCUT2D eigenvalue weighted by molar-refractivity contribution is 5.21. The van der Waals surface area contributed by atoms with Crippen molar-refractivity contribution in [1.29, 1.82) is 0 Å². The average Bonchev–Trinajstić information content (AvgIpc) is 2.38. The molecule has 0 aliphatic heterocycles. The molecule has 0 radical (unpaired) electrons. The second kappa shape index (κ2) is 8.28. The van der Waals surface area contributed by atoms with Gasteiger partial charge in [-0.3, -0.25) is 4.90 Å². The highest BCUT2D eigenvalue weighted by Gasteiger charge is 2.09. The van der Waals surface area contributed by atoms with Gasteiger partial charge in [-0.1, -0.05) is 44.0 Å². The van der Waals surface area contributed by atoms with Crippen LogP contribution in [0.4, 0.5) is 0 Å². The molecule has 0 saturated carbocycles. The minimum atomic E-state index is 0.130. The molecule has 0 saturated heterocycles. The van der Waals surface area contributed by atoms with E-state index in [-0.39, 0.29) is 6.61 Å². The Labute approximate surface area is 112 Å². The van der Waals surface area contributed by atoms with Gasteiger partial charge in [-0.15, -0.1) is 0 Å². The summed E-state index contributed by atoms with van der Waals surface area (Å²) < 4.78 is 0. The van der Waals surface area contributed by atoms with Crippen molar-refractivity contribution in [2.24, 2.45) is 0 Å². The fourth-order valence-corrected chi connectivity index (χ4v) is 2.07. The van der Waals surface area contributed by atoms with Crippen LogP contribution in [0.25, 0.3) is 0 Å². The monoisotopic (exact) mass is 249 g/mol. The summed E-state index contributed by atoms with van der Waals surface area (Å²) in [4.78, 5) is 2.52. The summed E-state index contributed by atoms with van der Waals surface area (Å²) >= 11 is 0. The van der Waals surface area contributed by atoms with Gasteiger partial charge in [-0.25, -0.2) is 0 Å². The number of rotatable bonds is 8. The van der Waals surface area contributed by atoms with E-state index in [9.17, 15) is 0 Å². The number of hydrogen-bond donors (Lipinski definition) is 1. The van der Waals surface area contributed by atoms with Crippen molar-refractivity contribution in [3.05, 3.63) is 35.4 Å². The maximum absolute atomic E-state index is 9.03. The summed E-state index contributed by atoms with van der Waals surface area (Å²) in [6, 6.07) is 8.86. The SMILES string of the molecule is CCCCCN(Cc1ccc(CO)cc1)C(C)C. The highest BCUT2D eigenvalue weighted by Crippen LogP contribution is 2.11. The number of aliphatic hydroxyl groups excluding tert-OH is 1. The van der Waals surface area contributed by atoms with E-state index in [1.165, 1.54) is 31.4 Å². The van der Waals surface area contributed by atoms with Crippen LogP contribution >= 0.6 is 0 Å². The lowest BCUT2D eigenvalue weighted by Gasteiger charge is -2.26. The van der Waals surface area contributed by atoms with Crippen LogP contribution in [0.3, 0.4) is 0 Å².